The number of carbonyl (C=O) groups is 1. The number of hydrogen-bond donors (Lipinski definition) is 0. The summed E-state index contributed by atoms with van der Waals surface area (Å²) in [5.41, 5.74) is 0.134. The zero-order valence-corrected chi connectivity index (χ0v) is 9.39. The molecule has 5 heteroatoms. The Balaban J connectivity index is 4.52. The summed E-state index contributed by atoms with van der Waals surface area (Å²) in [6.45, 7) is 5.04. The molecule has 0 aliphatic rings. The summed E-state index contributed by atoms with van der Waals surface area (Å²) >= 11 is 6.31. The molecule has 0 aromatic carbocycles. The van der Waals surface area contributed by atoms with Crippen molar-refractivity contribution >= 4 is 27.7 Å². The number of nitrogens with zero attached hydrogens (tertiary/aromatic N) is 1. The van der Waals surface area contributed by atoms with Gasteiger partial charge in [-0.2, -0.15) is 0 Å². The summed E-state index contributed by atoms with van der Waals surface area (Å²) in [6.07, 6.45) is 0. The molecule has 0 spiro atoms. The summed E-state index contributed by atoms with van der Waals surface area (Å²) in [5.74, 6) is -0.538. The van der Waals surface area contributed by atoms with Crippen LogP contribution in [-0.4, -0.2) is 23.2 Å². The fourth-order valence-electron chi connectivity index (χ4n) is 0.340. The van der Waals surface area contributed by atoms with Crippen LogP contribution in [0.15, 0.2) is 10.1 Å². The summed E-state index contributed by atoms with van der Waals surface area (Å²) in [4.78, 5) is 14.3. The van der Waals surface area contributed by atoms with Crippen LogP contribution in [0.25, 0.3) is 0 Å². The first kappa shape index (κ1) is 10.7. The second kappa shape index (κ2) is 5.39. The number of halogens is 1. The first-order chi connectivity index (χ1) is 5.11. The molecule has 11 heavy (non-hydrogen) atoms. The van der Waals surface area contributed by atoms with Crippen molar-refractivity contribution in [3.63, 3.8) is 0 Å². The van der Waals surface area contributed by atoms with E-state index in [2.05, 4.69) is 9.73 Å². The van der Waals surface area contributed by atoms with Crippen LogP contribution in [0, 0.1) is 6.58 Å². The molecule has 0 saturated heterocycles. The second-order valence-electron chi connectivity index (χ2n) is 1.43. The quantitative estimate of drug-likeness (QED) is 0.324. The predicted octanol–water partition coefficient (Wildman–Crippen LogP) is 0.463. The molecule has 0 rings (SSSR count). The van der Waals surface area contributed by atoms with Crippen LogP contribution in [-0.2, 0) is 28.9 Å². The number of carbonyl (C=O) groups excluding carboxylic acids is 1. The first-order valence-electron chi connectivity index (χ1n) is 2.52. The first-order valence-corrected chi connectivity index (χ1v) is 4.59. The van der Waals surface area contributed by atoms with Crippen molar-refractivity contribution in [2.24, 2.45) is 4.99 Å². The van der Waals surface area contributed by atoms with Crippen molar-refractivity contribution in [2.75, 3.05) is 7.11 Å². The van der Waals surface area contributed by atoms with Crippen LogP contribution in [0.4, 0.5) is 0 Å². The van der Waals surface area contributed by atoms with E-state index in [4.69, 9.17) is 18.2 Å². The van der Waals surface area contributed by atoms with Gasteiger partial charge in [0.2, 0.25) is 0 Å². The molecule has 0 fully saturated rings. The normalized spacial score (nSPS) is 10.5. The molecule has 60 valence electrons. The third-order valence-corrected chi connectivity index (χ3v) is 1.62. The number of ether oxygens (including phenoxy) is 1. The van der Waals surface area contributed by atoms with Gasteiger partial charge in [-0.1, -0.05) is 0 Å². The van der Waals surface area contributed by atoms with Crippen LogP contribution in [0.3, 0.4) is 0 Å². The Morgan fingerprint density at radius 1 is 1.82 bits per heavy atom. The second-order valence-corrected chi connectivity index (χ2v) is 2.66. The van der Waals surface area contributed by atoms with Gasteiger partial charge in [-0.15, -0.1) is 0 Å². The van der Waals surface area contributed by atoms with Crippen molar-refractivity contribution < 1.29 is 28.9 Å². The number of rotatable bonds is 3. The average molecular weight is 342 g/mol. The molecule has 0 N–H and O–H groups in total. The minimum absolute atomic E-state index is 0.134. The average Bonchev–Trinajstić information content (AvgIpc) is 1.98. The fourth-order valence-corrected chi connectivity index (χ4v) is 0.966. The van der Waals surface area contributed by atoms with E-state index in [9.17, 15) is 4.79 Å². The van der Waals surface area contributed by atoms with Gasteiger partial charge in [0.1, 0.15) is 0 Å². The Morgan fingerprint density at radius 3 is 2.64 bits per heavy atom. The fraction of sp³-hybridized carbons (Fsp3) is 0.167. The van der Waals surface area contributed by atoms with Gasteiger partial charge in [0.15, 0.2) is 0 Å². The number of esters is 1. The topological polar surface area (TPSA) is 38.7 Å². The zero-order valence-electron chi connectivity index (χ0n) is 5.70. The van der Waals surface area contributed by atoms with Crippen molar-refractivity contribution in [1.82, 2.24) is 0 Å². The molecule has 3 nitrogen and oxygen atoms in total. The molecular weight excluding hydrogens is 337 g/mol. The van der Waals surface area contributed by atoms with Gasteiger partial charge in [-0.3, -0.25) is 0 Å². The van der Waals surface area contributed by atoms with Crippen LogP contribution < -0.4 is 0 Å². The SMILES string of the molecule is [CH-]=C(Cl)/N=C(\[CH]=[W])C(=O)OC. The van der Waals surface area contributed by atoms with Crippen LogP contribution in [0.1, 0.15) is 0 Å². The number of hydrogen-bond acceptors (Lipinski definition) is 3. The van der Waals surface area contributed by atoms with Gasteiger partial charge in [-0.05, 0) is 0 Å². The molecule has 0 radical (unpaired) electrons. The summed E-state index contributed by atoms with van der Waals surface area (Å²) in [7, 11) is 1.26. The third-order valence-electron chi connectivity index (χ3n) is 0.733. The molecule has 0 bridgehead atoms. The van der Waals surface area contributed by atoms with Gasteiger partial charge < -0.3 is 0 Å². The molecule has 0 aromatic rings. The van der Waals surface area contributed by atoms with Crippen molar-refractivity contribution in [2.45, 2.75) is 0 Å². The van der Waals surface area contributed by atoms with E-state index in [1.807, 2.05) is 0 Å². The van der Waals surface area contributed by atoms with Gasteiger partial charge in [0.05, 0.1) is 0 Å². The van der Waals surface area contributed by atoms with Gasteiger partial charge in [-0.25, -0.2) is 0 Å². The molecule has 0 unspecified atom stereocenters. The van der Waals surface area contributed by atoms with Crippen molar-refractivity contribution in [3.05, 3.63) is 11.7 Å². The Labute approximate surface area is 80.5 Å². The van der Waals surface area contributed by atoms with Crippen LogP contribution in [0.2, 0.25) is 0 Å². The van der Waals surface area contributed by atoms with Crippen molar-refractivity contribution in [3.8, 4) is 0 Å². The van der Waals surface area contributed by atoms with Crippen LogP contribution >= 0.6 is 11.6 Å². The molecule has 0 heterocycles. The maximum absolute atomic E-state index is 10.8. The summed E-state index contributed by atoms with van der Waals surface area (Å²) in [5, 5.41) is -0.178. The molecule has 0 amide bonds. The van der Waals surface area contributed by atoms with E-state index >= 15 is 0 Å². The molecule has 0 saturated carbocycles. The molecule has 0 aliphatic carbocycles. The Kier molecular flexibility index (Phi) is 5.25. The Hall–Kier alpha value is -0.272. The number of methoxy groups -OCH3 is 1. The predicted molar refractivity (Wildman–Crippen MR) is 39.2 cm³/mol. The van der Waals surface area contributed by atoms with E-state index in [1.165, 1.54) is 7.11 Å². The minimum atomic E-state index is -0.538. The standard InChI is InChI=1S/C6H5ClNO2.W/c1-4(6(9)10-3)8-5(2)7;/h1-2H,3H3;/q-1;/b8-4+;. The third kappa shape index (κ3) is 4.22. The van der Waals surface area contributed by atoms with E-state index < -0.39 is 5.97 Å². The molecule has 0 aromatic heterocycles. The molecule has 0 aliphatic heterocycles. The van der Waals surface area contributed by atoms with E-state index in [0.29, 0.717) is 0 Å². The number of aliphatic imine (C=N–C) groups is 1. The Morgan fingerprint density at radius 2 is 2.36 bits per heavy atom. The Bertz CT molecular complexity index is 225. The monoisotopic (exact) mass is 342 g/mol. The van der Waals surface area contributed by atoms with Gasteiger partial charge in [0.25, 0.3) is 0 Å². The van der Waals surface area contributed by atoms with E-state index in [1.54, 1.807) is 4.40 Å². The van der Waals surface area contributed by atoms with Gasteiger partial charge >= 0.3 is 80.4 Å². The summed E-state index contributed by atoms with van der Waals surface area (Å²) < 4.78 is 5.93. The zero-order chi connectivity index (χ0) is 8.85. The summed E-state index contributed by atoms with van der Waals surface area (Å²) in [6, 6.07) is 0. The molecule has 0 atom stereocenters. The van der Waals surface area contributed by atoms with Gasteiger partial charge in [0, 0.05) is 0 Å². The van der Waals surface area contributed by atoms with E-state index in [-0.39, 0.29) is 10.9 Å². The molecular formula is C6H5ClNO2W-. The van der Waals surface area contributed by atoms with E-state index in [0.717, 1.165) is 19.4 Å². The van der Waals surface area contributed by atoms with Crippen LogP contribution in [0.5, 0.6) is 0 Å². The van der Waals surface area contributed by atoms with Crippen molar-refractivity contribution in [1.29, 1.82) is 0 Å². The maximum atomic E-state index is 10.8.